The van der Waals surface area contributed by atoms with E-state index in [1.807, 2.05) is 0 Å². The van der Waals surface area contributed by atoms with E-state index in [4.69, 9.17) is 4.74 Å². The van der Waals surface area contributed by atoms with Crippen LogP contribution in [-0.2, 0) is 4.74 Å². The first kappa shape index (κ1) is 14.3. The van der Waals surface area contributed by atoms with Crippen molar-refractivity contribution in [1.82, 2.24) is 10.2 Å². The fourth-order valence-corrected chi connectivity index (χ4v) is 3.58. The van der Waals surface area contributed by atoms with Crippen molar-refractivity contribution in [1.29, 1.82) is 0 Å². The number of ether oxygens (including phenoxy) is 1. The molecule has 0 radical (unpaired) electrons. The summed E-state index contributed by atoms with van der Waals surface area (Å²) < 4.78 is 5.78. The molecular formula is C15H30N2O. The van der Waals surface area contributed by atoms with Gasteiger partial charge in [0.1, 0.15) is 0 Å². The molecule has 1 N–H and O–H groups in total. The van der Waals surface area contributed by atoms with E-state index < -0.39 is 0 Å². The Kier molecular flexibility index (Phi) is 5.46. The minimum absolute atomic E-state index is 0.395. The van der Waals surface area contributed by atoms with Gasteiger partial charge < -0.3 is 10.1 Å². The average Bonchev–Trinajstić information content (AvgIpc) is 2.58. The number of hydrogen-bond acceptors (Lipinski definition) is 3. The maximum absolute atomic E-state index is 5.78. The third-order valence-electron chi connectivity index (χ3n) is 4.53. The van der Waals surface area contributed by atoms with E-state index in [2.05, 4.69) is 31.0 Å². The number of rotatable bonds is 3. The molecule has 0 bridgehead atoms. The van der Waals surface area contributed by atoms with Gasteiger partial charge in [0.25, 0.3) is 0 Å². The van der Waals surface area contributed by atoms with E-state index in [1.54, 1.807) is 0 Å². The van der Waals surface area contributed by atoms with Crippen molar-refractivity contribution < 1.29 is 4.74 Å². The van der Waals surface area contributed by atoms with Gasteiger partial charge in [0.2, 0.25) is 0 Å². The summed E-state index contributed by atoms with van der Waals surface area (Å²) in [7, 11) is 0. The summed E-state index contributed by atoms with van der Waals surface area (Å²) in [5.74, 6) is 0. The van der Waals surface area contributed by atoms with E-state index in [-0.39, 0.29) is 0 Å². The molecule has 2 fully saturated rings. The fourth-order valence-electron chi connectivity index (χ4n) is 3.58. The Morgan fingerprint density at radius 1 is 1.17 bits per heavy atom. The Morgan fingerprint density at radius 2 is 1.94 bits per heavy atom. The summed E-state index contributed by atoms with van der Waals surface area (Å²) in [6.45, 7) is 9.85. The average molecular weight is 254 g/mol. The zero-order chi connectivity index (χ0) is 13.0. The van der Waals surface area contributed by atoms with Gasteiger partial charge >= 0.3 is 0 Å². The smallest absolute Gasteiger partial charge is 0.0674 e. The van der Waals surface area contributed by atoms with Crippen LogP contribution < -0.4 is 5.32 Å². The van der Waals surface area contributed by atoms with Crippen LogP contribution in [0.1, 0.15) is 52.9 Å². The zero-order valence-electron chi connectivity index (χ0n) is 12.3. The van der Waals surface area contributed by atoms with Gasteiger partial charge in [0.15, 0.2) is 0 Å². The van der Waals surface area contributed by atoms with Crippen molar-refractivity contribution in [2.75, 3.05) is 19.7 Å². The van der Waals surface area contributed by atoms with Gasteiger partial charge in [0.05, 0.1) is 12.7 Å². The molecule has 106 valence electrons. The highest BCUT2D eigenvalue weighted by Gasteiger charge is 2.34. The first-order valence-electron chi connectivity index (χ1n) is 7.83. The molecule has 1 heterocycles. The molecule has 0 aromatic rings. The topological polar surface area (TPSA) is 24.5 Å². The molecule has 1 saturated heterocycles. The lowest BCUT2D eigenvalue weighted by Crippen LogP contribution is -2.58. The molecule has 0 aromatic heterocycles. The molecule has 1 aliphatic carbocycles. The molecule has 0 spiro atoms. The Hall–Kier alpha value is -0.120. The lowest BCUT2D eigenvalue weighted by Gasteiger charge is -2.44. The van der Waals surface area contributed by atoms with E-state index in [9.17, 15) is 0 Å². The molecule has 0 amide bonds. The van der Waals surface area contributed by atoms with E-state index in [1.165, 1.54) is 32.1 Å². The van der Waals surface area contributed by atoms with Crippen molar-refractivity contribution in [3.05, 3.63) is 0 Å². The van der Waals surface area contributed by atoms with Crippen LogP contribution in [0.25, 0.3) is 0 Å². The molecule has 1 saturated carbocycles. The molecule has 4 atom stereocenters. The lowest BCUT2D eigenvalue weighted by atomic mass is 9.98. The highest BCUT2D eigenvalue weighted by molar-refractivity contribution is 4.91. The molecule has 4 unspecified atom stereocenters. The minimum atomic E-state index is 0.395. The number of hydrogen-bond donors (Lipinski definition) is 1. The Bertz CT molecular complexity index is 247. The van der Waals surface area contributed by atoms with Gasteiger partial charge in [-0.05, 0) is 33.2 Å². The first-order chi connectivity index (χ1) is 8.72. The van der Waals surface area contributed by atoms with Crippen molar-refractivity contribution in [3.63, 3.8) is 0 Å². The Morgan fingerprint density at radius 3 is 2.72 bits per heavy atom. The van der Waals surface area contributed by atoms with Crippen LogP contribution in [0.2, 0.25) is 0 Å². The molecule has 18 heavy (non-hydrogen) atoms. The normalized spacial score (nSPS) is 39.5. The Labute approximate surface area is 112 Å². The second-order valence-electron chi connectivity index (χ2n) is 6.06. The zero-order valence-corrected chi connectivity index (χ0v) is 12.3. The number of nitrogens with one attached hydrogen (secondary N) is 1. The number of morpholine rings is 1. The maximum Gasteiger partial charge on any atom is 0.0674 e. The van der Waals surface area contributed by atoms with Crippen molar-refractivity contribution >= 4 is 0 Å². The summed E-state index contributed by atoms with van der Waals surface area (Å²) in [6, 6.07) is 1.98. The maximum atomic E-state index is 5.78. The highest BCUT2D eigenvalue weighted by atomic mass is 16.5. The van der Waals surface area contributed by atoms with Crippen molar-refractivity contribution in [3.8, 4) is 0 Å². The number of nitrogens with zero attached hydrogens (tertiary/aromatic N) is 1. The molecular weight excluding hydrogens is 224 g/mol. The van der Waals surface area contributed by atoms with E-state index in [0.29, 0.717) is 24.2 Å². The molecule has 3 nitrogen and oxygen atoms in total. The van der Waals surface area contributed by atoms with E-state index in [0.717, 1.165) is 19.7 Å². The van der Waals surface area contributed by atoms with Gasteiger partial charge in [0, 0.05) is 24.7 Å². The van der Waals surface area contributed by atoms with Crippen molar-refractivity contribution in [2.24, 2.45) is 0 Å². The summed E-state index contributed by atoms with van der Waals surface area (Å²) in [5, 5.41) is 3.72. The summed E-state index contributed by atoms with van der Waals surface area (Å²) in [4.78, 5) is 2.72. The van der Waals surface area contributed by atoms with E-state index >= 15 is 0 Å². The quantitative estimate of drug-likeness (QED) is 0.783. The lowest BCUT2D eigenvalue weighted by molar-refractivity contribution is -0.0723. The van der Waals surface area contributed by atoms with Crippen LogP contribution >= 0.6 is 0 Å². The SMILES string of the molecule is CCNC1CCCCCC1N1CC(C)OCC1C. The molecule has 0 aromatic carbocycles. The summed E-state index contributed by atoms with van der Waals surface area (Å²) in [6.07, 6.45) is 7.29. The standard InChI is InChI=1S/C15H30N2O/c1-4-16-14-8-6-5-7-9-15(14)17-10-13(3)18-11-12(17)2/h12-16H,4-11H2,1-3H3. The predicted octanol–water partition coefficient (Wildman–Crippen LogP) is 2.41. The van der Waals surface area contributed by atoms with Crippen LogP contribution in [-0.4, -0.2) is 48.8 Å². The largest absolute Gasteiger partial charge is 0.376 e. The third kappa shape index (κ3) is 3.46. The van der Waals surface area contributed by atoms with Gasteiger partial charge in [-0.25, -0.2) is 0 Å². The minimum Gasteiger partial charge on any atom is -0.376 e. The second kappa shape index (κ2) is 6.88. The van der Waals surface area contributed by atoms with Gasteiger partial charge in [-0.1, -0.05) is 26.2 Å². The van der Waals surface area contributed by atoms with Gasteiger partial charge in [-0.2, -0.15) is 0 Å². The Balaban J connectivity index is 2.05. The predicted molar refractivity (Wildman–Crippen MR) is 75.9 cm³/mol. The van der Waals surface area contributed by atoms with Gasteiger partial charge in [-0.15, -0.1) is 0 Å². The first-order valence-corrected chi connectivity index (χ1v) is 7.83. The van der Waals surface area contributed by atoms with Gasteiger partial charge in [-0.3, -0.25) is 4.90 Å². The van der Waals surface area contributed by atoms with Crippen molar-refractivity contribution in [2.45, 2.75) is 77.1 Å². The third-order valence-corrected chi connectivity index (χ3v) is 4.53. The summed E-state index contributed by atoms with van der Waals surface area (Å²) >= 11 is 0. The molecule has 2 rings (SSSR count). The fraction of sp³-hybridized carbons (Fsp3) is 1.00. The summed E-state index contributed by atoms with van der Waals surface area (Å²) in [5.41, 5.74) is 0. The van der Waals surface area contributed by atoms with Crippen LogP contribution in [0.5, 0.6) is 0 Å². The number of likely N-dealkylation sites (N-methyl/N-ethyl adjacent to an activating group) is 1. The van der Waals surface area contributed by atoms with Crippen LogP contribution in [0.4, 0.5) is 0 Å². The highest BCUT2D eigenvalue weighted by Crippen LogP contribution is 2.26. The molecule has 3 heteroatoms. The van der Waals surface area contributed by atoms with Crippen LogP contribution in [0.15, 0.2) is 0 Å². The van der Waals surface area contributed by atoms with Crippen LogP contribution in [0, 0.1) is 0 Å². The molecule has 2 aliphatic rings. The molecule has 1 aliphatic heterocycles. The monoisotopic (exact) mass is 254 g/mol. The second-order valence-corrected chi connectivity index (χ2v) is 6.06. The van der Waals surface area contributed by atoms with Crippen LogP contribution in [0.3, 0.4) is 0 Å².